The molecule has 2 aliphatic rings. The topological polar surface area (TPSA) is 213 Å². The van der Waals surface area contributed by atoms with E-state index in [9.17, 15) is 48.2 Å². The Balaban J connectivity index is 1.70. The van der Waals surface area contributed by atoms with Gasteiger partial charge in [0.25, 0.3) is 5.69 Å². The van der Waals surface area contributed by atoms with Gasteiger partial charge in [-0.1, -0.05) is 24.8 Å². The Morgan fingerprint density at radius 2 is 2.12 bits per heavy atom. The highest BCUT2D eigenvalue weighted by molar-refractivity contribution is 6.04. The molecule has 230 valence electrons. The Morgan fingerprint density at radius 3 is 2.72 bits per heavy atom. The van der Waals surface area contributed by atoms with Gasteiger partial charge in [-0.05, 0) is 6.07 Å². The molecule has 0 bridgehead atoms. The number of hydrogen-bond donors (Lipinski definition) is 6. The van der Waals surface area contributed by atoms with Crippen molar-refractivity contribution in [3.8, 4) is 11.8 Å². The first-order valence-electron chi connectivity index (χ1n) is 12.7. The van der Waals surface area contributed by atoms with Crippen LogP contribution in [0.2, 0.25) is 0 Å². The van der Waals surface area contributed by atoms with Crippen LogP contribution in [0.15, 0.2) is 29.5 Å². The minimum Gasteiger partial charge on any atom is -0.394 e. The summed E-state index contributed by atoms with van der Waals surface area (Å²) in [7, 11) is 0. The number of alkyl halides is 3. The number of imidazole rings is 1. The first-order chi connectivity index (χ1) is 20.1. The summed E-state index contributed by atoms with van der Waals surface area (Å²) in [6.45, 7) is 1.51. The number of amides is 2. The molecule has 1 fully saturated rings. The molecule has 2 unspecified atom stereocenters. The summed E-state index contributed by atoms with van der Waals surface area (Å²) in [5.41, 5.74) is -2.86. The number of aromatic nitrogens is 2. The zero-order valence-electron chi connectivity index (χ0n) is 22.5. The number of nitro groups is 1. The van der Waals surface area contributed by atoms with E-state index in [1.807, 2.05) is 0 Å². The molecule has 2 aliphatic heterocycles. The Hall–Kier alpha value is -4.57. The van der Waals surface area contributed by atoms with Gasteiger partial charge in [0.2, 0.25) is 17.6 Å². The van der Waals surface area contributed by atoms with Gasteiger partial charge in [0.15, 0.2) is 0 Å². The number of aliphatic hydroxyl groups excluding tert-OH is 2. The van der Waals surface area contributed by atoms with E-state index in [0.717, 1.165) is 6.07 Å². The lowest BCUT2D eigenvalue weighted by molar-refractivity contribution is -0.386. The van der Waals surface area contributed by atoms with E-state index < -0.39 is 71.8 Å². The second kappa shape index (κ2) is 12.0. The van der Waals surface area contributed by atoms with Crippen molar-refractivity contribution in [2.75, 3.05) is 18.5 Å². The first kappa shape index (κ1) is 31.4. The molecule has 5 atom stereocenters. The number of anilines is 1. The molecule has 0 aliphatic carbocycles. The second-order valence-electron chi connectivity index (χ2n) is 9.69. The molecule has 1 aromatic carbocycles. The Labute approximate surface area is 240 Å². The number of guanidine groups is 1. The maximum atomic E-state index is 12.3. The highest BCUT2D eigenvalue weighted by Crippen LogP contribution is 2.46. The fourth-order valence-corrected chi connectivity index (χ4v) is 4.65. The van der Waals surface area contributed by atoms with E-state index in [2.05, 4.69) is 32.5 Å². The van der Waals surface area contributed by atoms with Gasteiger partial charge in [0, 0.05) is 36.5 Å². The fourth-order valence-electron chi connectivity index (χ4n) is 4.65. The molecule has 0 radical (unpaired) electrons. The van der Waals surface area contributed by atoms with Gasteiger partial charge in [-0.25, -0.2) is 9.98 Å². The van der Waals surface area contributed by atoms with Gasteiger partial charge >= 0.3 is 12.1 Å². The third-order valence-electron chi connectivity index (χ3n) is 6.78. The average Bonchev–Trinajstić information content (AvgIpc) is 3.52. The summed E-state index contributed by atoms with van der Waals surface area (Å²) >= 11 is 0. The van der Waals surface area contributed by atoms with Crippen LogP contribution in [0.5, 0.6) is 0 Å². The van der Waals surface area contributed by atoms with Crippen molar-refractivity contribution in [1.29, 1.82) is 0 Å². The standard InChI is InChI=1S/C25H26F3N7O8/c1-12(15-6-5-14(8-16(15)35(41)42)4-3-7-29-22(39)25(26,27)28)24(40)20-21(32-23(33-24)31-13(2)37)34(11-30-20)19-9-17(38)18(10-36)43-19/h5-6,8,11-12,17-19,36,38,40H,7,9-10H2,1-2H3,(H,29,39)(H2,31,32,33,37)/t12?,17-,18+,19+,24?/m0/s1. The van der Waals surface area contributed by atoms with E-state index in [1.54, 1.807) is 5.32 Å². The smallest absolute Gasteiger partial charge is 0.394 e. The lowest BCUT2D eigenvalue weighted by atomic mass is 9.85. The highest BCUT2D eigenvalue weighted by atomic mass is 19.4. The lowest BCUT2D eigenvalue weighted by Crippen LogP contribution is -2.44. The van der Waals surface area contributed by atoms with Crippen LogP contribution >= 0.6 is 0 Å². The number of aliphatic hydroxyl groups is 3. The summed E-state index contributed by atoms with van der Waals surface area (Å²) < 4.78 is 44.1. The van der Waals surface area contributed by atoms with Gasteiger partial charge in [-0.15, -0.1) is 0 Å². The molecule has 2 amide bonds. The fraction of sp³-hybridized carbons (Fsp3) is 0.440. The number of rotatable bonds is 6. The lowest BCUT2D eigenvalue weighted by Gasteiger charge is -2.34. The number of carbonyl (C=O) groups is 2. The van der Waals surface area contributed by atoms with Crippen LogP contribution in [0.25, 0.3) is 0 Å². The maximum Gasteiger partial charge on any atom is 0.471 e. The number of benzene rings is 1. The van der Waals surface area contributed by atoms with Gasteiger partial charge in [0.05, 0.1) is 30.5 Å². The number of carbonyl (C=O) groups excluding carboxylic acids is 2. The van der Waals surface area contributed by atoms with Crippen molar-refractivity contribution in [3.05, 3.63) is 51.5 Å². The van der Waals surface area contributed by atoms with Crippen LogP contribution in [0, 0.1) is 22.0 Å². The number of fused-ring (bicyclic) bond motifs is 1. The van der Waals surface area contributed by atoms with E-state index in [1.165, 1.54) is 36.9 Å². The quantitative estimate of drug-likeness (QED) is 0.150. The number of aliphatic imine (C=N–C) groups is 1. The van der Waals surface area contributed by atoms with Crippen molar-refractivity contribution >= 4 is 29.3 Å². The third-order valence-corrected chi connectivity index (χ3v) is 6.78. The molecule has 1 aromatic heterocycles. The number of nitrogens with zero attached hydrogens (tertiary/aromatic N) is 4. The predicted octanol–water partition coefficient (Wildman–Crippen LogP) is 0.328. The molecule has 15 nitrogen and oxygen atoms in total. The highest BCUT2D eigenvalue weighted by Gasteiger charge is 2.48. The molecule has 4 rings (SSSR count). The van der Waals surface area contributed by atoms with Crippen LogP contribution in [-0.2, 0) is 20.1 Å². The Kier molecular flexibility index (Phi) is 8.73. The van der Waals surface area contributed by atoms with Crippen LogP contribution < -0.4 is 16.0 Å². The predicted molar refractivity (Wildman–Crippen MR) is 140 cm³/mol. The molecule has 1 saturated heterocycles. The van der Waals surface area contributed by atoms with Crippen LogP contribution in [-0.4, -0.2) is 79.1 Å². The maximum absolute atomic E-state index is 12.3. The van der Waals surface area contributed by atoms with E-state index >= 15 is 0 Å². The van der Waals surface area contributed by atoms with E-state index in [-0.39, 0.29) is 35.0 Å². The van der Waals surface area contributed by atoms with Crippen molar-refractivity contribution in [3.63, 3.8) is 0 Å². The zero-order valence-corrected chi connectivity index (χ0v) is 22.5. The van der Waals surface area contributed by atoms with Gasteiger partial charge in [-0.2, -0.15) is 13.2 Å². The molecule has 3 heterocycles. The molecule has 43 heavy (non-hydrogen) atoms. The molecular formula is C25H26F3N7O8. The van der Waals surface area contributed by atoms with Crippen LogP contribution in [0.4, 0.5) is 24.7 Å². The second-order valence-corrected chi connectivity index (χ2v) is 9.69. The van der Waals surface area contributed by atoms with Crippen LogP contribution in [0.1, 0.15) is 49.2 Å². The Bertz CT molecular complexity index is 1530. The van der Waals surface area contributed by atoms with Gasteiger partial charge in [-0.3, -0.25) is 29.6 Å². The summed E-state index contributed by atoms with van der Waals surface area (Å²) in [5.74, 6) is 0.702. The average molecular weight is 610 g/mol. The summed E-state index contributed by atoms with van der Waals surface area (Å²) in [6, 6.07) is 3.67. The minimum absolute atomic E-state index is 0.0235. The summed E-state index contributed by atoms with van der Waals surface area (Å²) in [6.07, 6.45) is -6.45. The number of nitrogens with one attached hydrogen (secondary N) is 3. The van der Waals surface area contributed by atoms with E-state index in [0.29, 0.717) is 0 Å². The Morgan fingerprint density at radius 1 is 1.40 bits per heavy atom. The third kappa shape index (κ3) is 6.44. The number of halogens is 3. The van der Waals surface area contributed by atoms with Crippen LogP contribution in [0.3, 0.4) is 0 Å². The molecule has 2 aromatic rings. The summed E-state index contributed by atoms with van der Waals surface area (Å²) in [5, 5.41) is 50.5. The van der Waals surface area contributed by atoms with Crippen molar-refractivity contribution < 1.29 is 47.7 Å². The van der Waals surface area contributed by atoms with Gasteiger partial charge in [0.1, 0.15) is 23.8 Å². The van der Waals surface area contributed by atoms with Crippen molar-refractivity contribution in [2.24, 2.45) is 4.99 Å². The SMILES string of the molecule is CC(=O)NC1=NC(O)(C(C)c2ccc(C#CCNC(=O)C(F)(F)F)cc2[N+](=O)[O-])c2ncn([C@H]3C[C@H](O)[C@@H](CO)O3)c2N1. The largest absolute Gasteiger partial charge is 0.471 e. The molecule has 18 heteroatoms. The zero-order chi connectivity index (χ0) is 31.7. The number of ether oxygens (including phenoxy) is 1. The molecule has 6 N–H and O–H groups in total. The van der Waals surface area contributed by atoms with Crippen molar-refractivity contribution in [1.82, 2.24) is 20.2 Å². The molecule has 0 spiro atoms. The molecular weight excluding hydrogens is 583 g/mol. The monoisotopic (exact) mass is 609 g/mol. The number of hydrogen-bond acceptors (Lipinski definition) is 11. The minimum atomic E-state index is -5.08. The first-order valence-corrected chi connectivity index (χ1v) is 12.7. The van der Waals surface area contributed by atoms with Crippen molar-refractivity contribution in [2.45, 2.75) is 56.5 Å². The van der Waals surface area contributed by atoms with E-state index in [4.69, 9.17) is 4.74 Å². The summed E-state index contributed by atoms with van der Waals surface area (Å²) in [4.78, 5) is 42.5. The number of nitro benzene ring substituents is 1. The van der Waals surface area contributed by atoms with Gasteiger partial charge < -0.3 is 30.7 Å². The molecule has 0 saturated carbocycles. The normalized spacial score (nSPS) is 23.6.